The number of carbonyl (C=O) groups is 1. The van der Waals surface area contributed by atoms with Gasteiger partial charge in [-0.2, -0.15) is 0 Å². The summed E-state index contributed by atoms with van der Waals surface area (Å²) in [4.78, 5) is 21.0. The maximum atomic E-state index is 12.3. The molecule has 0 amide bonds. The summed E-state index contributed by atoms with van der Waals surface area (Å²) in [5, 5.41) is 3.19. The second-order valence-corrected chi connectivity index (χ2v) is 7.50. The van der Waals surface area contributed by atoms with Gasteiger partial charge in [0.15, 0.2) is 0 Å². The molecule has 33 heavy (non-hydrogen) atoms. The van der Waals surface area contributed by atoms with E-state index in [-0.39, 0.29) is 5.97 Å². The first-order chi connectivity index (χ1) is 16.2. The summed E-state index contributed by atoms with van der Waals surface area (Å²) in [6.07, 6.45) is 1.97. The van der Waals surface area contributed by atoms with Gasteiger partial charge in [0, 0.05) is 18.1 Å². The first kappa shape index (κ1) is 22.0. The van der Waals surface area contributed by atoms with Gasteiger partial charge < -0.3 is 14.8 Å². The molecule has 4 aromatic rings. The van der Waals surface area contributed by atoms with Gasteiger partial charge in [0.05, 0.1) is 12.8 Å². The topological polar surface area (TPSA) is 73.3 Å². The van der Waals surface area contributed by atoms with Crippen molar-refractivity contribution in [3.05, 3.63) is 108 Å². The lowest BCUT2D eigenvalue weighted by Crippen LogP contribution is -2.33. The maximum absolute atomic E-state index is 12.3. The zero-order valence-corrected chi connectivity index (χ0v) is 18.3. The van der Waals surface area contributed by atoms with Crippen molar-refractivity contribution in [1.29, 1.82) is 0 Å². The minimum atomic E-state index is -0.561. The van der Waals surface area contributed by atoms with E-state index in [1.165, 1.54) is 13.4 Å². The van der Waals surface area contributed by atoms with Crippen LogP contribution in [0, 0.1) is 0 Å². The lowest BCUT2D eigenvalue weighted by molar-refractivity contribution is -0.141. The van der Waals surface area contributed by atoms with Gasteiger partial charge in [0.25, 0.3) is 0 Å². The summed E-state index contributed by atoms with van der Waals surface area (Å²) in [5.41, 5.74) is 3.81. The molecular formula is C27H25N3O3. The zero-order chi connectivity index (χ0) is 22.9. The molecule has 0 saturated carbocycles. The van der Waals surface area contributed by atoms with E-state index in [0.29, 0.717) is 18.8 Å². The molecule has 0 aliphatic heterocycles. The van der Waals surface area contributed by atoms with Crippen LogP contribution in [0.4, 0.5) is 5.82 Å². The van der Waals surface area contributed by atoms with Gasteiger partial charge >= 0.3 is 5.97 Å². The molecule has 166 valence electrons. The third kappa shape index (κ3) is 6.17. The van der Waals surface area contributed by atoms with Crippen LogP contribution in [0.25, 0.3) is 11.3 Å². The largest absolute Gasteiger partial charge is 0.489 e. The Morgan fingerprint density at radius 1 is 0.879 bits per heavy atom. The second kappa shape index (κ2) is 10.9. The van der Waals surface area contributed by atoms with Crippen LogP contribution in [0.2, 0.25) is 0 Å². The Balaban J connectivity index is 1.44. The Kier molecular flexibility index (Phi) is 7.28. The minimum absolute atomic E-state index is 0.348. The Hall–Kier alpha value is -4.19. The predicted octanol–water partition coefficient (Wildman–Crippen LogP) is 4.92. The highest BCUT2D eigenvalue weighted by Gasteiger charge is 2.20. The van der Waals surface area contributed by atoms with Gasteiger partial charge in [-0.05, 0) is 35.4 Å². The molecule has 1 atom stereocenters. The Bertz CT molecular complexity index is 1170. The molecule has 0 aliphatic rings. The number of hydrogen-bond acceptors (Lipinski definition) is 6. The molecule has 0 aliphatic carbocycles. The summed E-state index contributed by atoms with van der Waals surface area (Å²) in [5.74, 6) is 0.985. The van der Waals surface area contributed by atoms with Gasteiger partial charge in [0.2, 0.25) is 0 Å². The lowest BCUT2D eigenvalue weighted by atomic mass is 10.1. The molecule has 4 rings (SSSR count). The van der Waals surface area contributed by atoms with Crippen LogP contribution in [0.5, 0.6) is 5.75 Å². The standard InChI is InChI=1S/C27H25N3O3/c1-32-27(31)25(16-20-8-4-2-5-9-20)30-26-17-24(28-19-29-26)22-12-14-23(15-13-22)33-18-21-10-6-3-7-11-21/h2-15,17,19,25H,16,18H2,1H3,(H,28,29,30). The first-order valence-electron chi connectivity index (χ1n) is 10.7. The monoisotopic (exact) mass is 439 g/mol. The van der Waals surface area contributed by atoms with Crippen LogP contribution in [0.3, 0.4) is 0 Å². The van der Waals surface area contributed by atoms with Gasteiger partial charge in [-0.3, -0.25) is 0 Å². The third-order valence-electron chi connectivity index (χ3n) is 5.16. The van der Waals surface area contributed by atoms with E-state index in [2.05, 4.69) is 15.3 Å². The number of nitrogens with zero attached hydrogens (tertiary/aromatic N) is 2. The molecule has 6 heteroatoms. The Labute approximate surface area is 193 Å². The summed E-state index contributed by atoms with van der Waals surface area (Å²) >= 11 is 0. The Morgan fingerprint density at radius 3 is 2.21 bits per heavy atom. The number of ether oxygens (including phenoxy) is 2. The smallest absolute Gasteiger partial charge is 0.328 e. The minimum Gasteiger partial charge on any atom is -0.489 e. The molecule has 3 aromatic carbocycles. The van der Waals surface area contributed by atoms with Crippen LogP contribution < -0.4 is 10.1 Å². The van der Waals surface area contributed by atoms with E-state index in [9.17, 15) is 4.79 Å². The van der Waals surface area contributed by atoms with Crippen LogP contribution in [0.1, 0.15) is 11.1 Å². The normalized spacial score (nSPS) is 11.4. The first-order valence-corrected chi connectivity index (χ1v) is 10.7. The molecule has 1 aromatic heterocycles. The zero-order valence-electron chi connectivity index (χ0n) is 18.3. The molecule has 1 N–H and O–H groups in total. The van der Waals surface area contributed by atoms with Crippen molar-refractivity contribution in [3.63, 3.8) is 0 Å². The number of anilines is 1. The summed E-state index contributed by atoms with van der Waals surface area (Å²) < 4.78 is 10.8. The fourth-order valence-electron chi connectivity index (χ4n) is 3.42. The molecule has 6 nitrogen and oxygen atoms in total. The van der Waals surface area contributed by atoms with E-state index in [0.717, 1.165) is 28.1 Å². The van der Waals surface area contributed by atoms with Gasteiger partial charge in [0.1, 0.15) is 30.5 Å². The highest BCUT2D eigenvalue weighted by atomic mass is 16.5. The molecule has 0 saturated heterocycles. The van der Waals surface area contributed by atoms with Crippen LogP contribution >= 0.6 is 0 Å². The SMILES string of the molecule is COC(=O)C(Cc1ccccc1)Nc1cc(-c2ccc(OCc3ccccc3)cc2)ncn1. The van der Waals surface area contributed by atoms with E-state index >= 15 is 0 Å². The number of aromatic nitrogens is 2. The van der Waals surface area contributed by atoms with E-state index in [1.807, 2.05) is 91.0 Å². The number of hydrogen-bond donors (Lipinski definition) is 1. The van der Waals surface area contributed by atoms with Crippen LogP contribution in [-0.4, -0.2) is 29.1 Å². The molecule has 0 spiro atoms. The number of nitrogens with one attached hydrogen (secondary N) is 1. The lowest BCUT2D eigenvalue weighted by Gasteiger charge is -2.17. The summed E-state index contributed by atoms with van der Waals surface area (Å²) in [6.45, 7) is 0.512. The average molecular weight is 440 g/mol. The highest BCUT2D eigenvalue weighted by Crippen LogP contribution is 2.23. The molecule has 0 radical (unpaired) electrons. The molecule has 1 unspecified atom stereocenters. The van der Waals surface area contributed by atoms with E-state index in [1.54, 1.807) is 0 Å². The molecule has 0 bridgehead atoms. The summed E-state index contributed by atoms with van der Waals surface area (Å²) in [7, 11) is 1.38. The molecule has 0 fully saturated rings. The number of methoxy groups -OCH3 is 1. The maximum Gasteiger partial charge on any atom is 0.328 e. The van der Waals surface area contributed by atoms with Crippen molar-refractivity contribution in [1.82, 2.24) is 9.97 Å². The van der Waals surface area contributed by atoms with Gasteiger partial charge in [-0.15, -0.1) is 0 Å². The fourth-order valence-corrected chi connectivity index (χ4v) is 3.42. The number of esters is 1. The summed E-state index contributed by atoms with van der Waals surface area (Å²) in [6, 6.07) is 28.8. The highest BCUT2D eigenvalue weighted by molar-refractivity contribution is 5.79. The van der Waals surface area contributed by atoms with Crippen molar-refractivity contribution in [2.45, 2.75) is 19.1 Å². The van der Waals surface area contributed by atoms with Crippen molar-refractivity contribution < 1.29 is 14.3 Å². The molecule has 1 heterocycles. The van der Waals surface area contributed by atoms with Crippen molar-refractivity contribution in [3.8, 4) is 17.0 Å². The number of carbonyl (C=O) groups excluding carboxylic acids is 1. The van der Waals surface area contributed by atoms with Gasteiger partial charge in [-0.1, -0.05) is 60.7 Å². The van der Waals surface area contributed by atoms with E-state index < -0.39 is 6.04 Å². The number of rotatable bonds is 9. The average Bonchev–Trinajstić information content (AvgIpc) is 2.88. The third-order valence-corrected chi connectivity index (χ3v) is 5.16. The fraction of sp³-hybridized carbons (Fsp3) is 0.148. The quantitative estimate of drug-likeness (QED) is 0.373. The van der Waals surface area contributed by atoms with Crippen molar-refractivity contribution in [2.75, 3.05) is 12.4 Å². The van der Waals surface area contributed by atoms with Crippen LogP contribution in [0.15, 0.2) is 97.3 Å². The predicted molar refractivity (Wildman–Crippen MR) is 128 cm³/mol. The van der Waals surface area contributed by atoms with E-state index in [4.69, 9.17) is 9.47 Å². The van der Waals surface area contributed by atoms with Crippen molar-refractivity contribution in [2.24, 2.45) is 0 Å². The Morgan fingerprint density at radius 2 is 1.55 bits per heavy atom. The second-order valence-electron chi connectivity index (χ2n) is 7.50. The van der Waals surface area contributed by atoms with Gasteiger partial charge in [-0.25, -0.2) is 14.8 Å². The number of benzene rings is 3. The molecular weight excluding hydrogens is 414 g/mol. The van der Waals surface area contributed by atoms with Crippen LogP contribution in [-0.2, 0) is 22.6 Å². The van der Waals surface area contributed by atoms with Crippen molar-refractivity contribution >= 4 is 11.8 Å².